The molecule has 1 aliphatic carbocycles. The lowest BCUT2D eigenvalue weighted by Gasteiger charge is -2.53. The van der Waals surface area contributed by atoms with Crippen molar-refractivity contribution in [3.05, 3.63) is 95.1 Å². The zero-order chi connectivity index (χ0) is 31.0. The molecule has 0 aromatic heterocycles. The molecule has 4 aromatic carbocycles. The van der Waals surface area contributed by atoms with E-state index >= 15 is 0 Å². The summed E-state index contributed by atoms with van der Waals surface area (Å²) in [5.74, 6) is 0. The highest BCUT2D eigenvalue weighted by molar-refractivity contribution is 7.00. The van der Waals surface area contributed by atoms with Crippen molar-refractivity contribution in [1.29, 1.82) is 0 Å². The molecule has 1 saturated carbocycles. The van der Waals surface area contributed by atoms with Gasteiger partial charge in [0.05, 0.1) is 5.54 Å². The van der Waals surface area contributed by atoms with Crippen molar-refractivity contribution in [2.75, 3.05) is 9.80 Å². The highest BCUT2D eigenvalue weighted by Gasteiger charge is 2.61. The molecular formula is C41H47BN2. The monoisotopic (exact) mass is 578 g/mol. The largest absolute Gasteiger partial charge is 0.335 e. The molecule has 3 aliphatic heterocycles. The first-order valence-electron chi connectivity index (χ1n) is 16.9. The molecule has 3 heterocycles. The SMILES string of the molecule is Cc1ccc2c(c1)B1c3cccc4c3N(c3cc(C(C)(C)C)cc(c31)N2c1ccc(C(C)(C)C)cc1)C1(C)CCCCC41C. The molecule has 8 rings (SSSR count). The van der Waals surface area contributed by atoms with Crippen molar-refractivity contribution >= 4 is 51.5 Å². The Kier molecular flexibility index (Phi) is 5.63. The second kappa shape index (κ2) is 8.84. The van der Waals surface area contributed by atoms with Gasteiger partial charge in [0.1, 0.15) is 0 Å². The van der Waals surface area contributed by atoms with Gasteiger partial charge in [-0.3, -0.25) is 0 Å². The second-order valence-corrected chi connectivity index (χ2v) is 16.7. The van der Waals surface area contributed by atoms with Crippen molar-refractivity contribution in [2.24, 2.45) is 0 Å². The van der Waals surface area contributed by atoms with Crippen molar-refractivity contribution < 1.29 is 0 Å². The molecule has 0 saturated heterocycles. The summed E-state index contributed by atoms with van der Waals surface area (Å²) >= 11 is 0. The Labute approximate surface area is 265 Å². The van der Waals surface area contributed by atoms with Gasteiger partial charge in [-0.15, -0.1) is 0 Å². The Morgan fingerprint density at radius 2 is 1.36 bits per heavy atom. The van der Waals surface area contributed by atoms with E-state index in [-0.39, 0.29) is 28.5 Å². The van der Waals surface area contributed by atoms with Crippen LogP contribution in [-0.4, -0.2) is 12.3 Å². The van der Waals surface area contributed by atoms with E-state index in [9.17, 15) is 0 Å². The van der Waals surface area contributed by atoms with Gasteiger partial charge in [0.2, 0.25) is 0 Å². The minimum atomic E-state index is 0.0205. The Hall–Kier alpha value is -3.46. The normalized spacial score (nSPS) is 23.2. The van der Waals surface area contributed by atoms with E-state index in [1.807, 2.05) is 0 Å². The van der Waals surface area contributed by atoms with E-state index in [0.29, 0.717) is 0 Å². The number of fused-ring (bicyclic) bond motifs is 7. The fraction of sp³-hybridized carbons (Fsp3) is 0.415. The first-order chi connectivity index (χ1) is 20.7. The van der Waals surface area contributed by atoms with E-state index in [1.165, 1.54) is 87.2 Å². The zero-order valence-electron chi connectivity index (χ0n) is 28.2. The highest BCUT2D eigenvalue weighted by Crippen LogP contribution is 2.61. The van der Waals surface area contributed by atoms with Gasteiger partial charge in [0, 0.05) is 33.9 Å². The molecule has 3 heteroatoms. The summed E-state index contributed by atoms with van der Waals surface area (Å²) in [7, 11) is 0. The smallest absolute Gasteiger partial charge is 0.252 e. The van der Waals surface area contributed by atoms with Crippen LogP contribution < -0.4 is 26.2 Å². The summed E-state index contributed by atoms with van der Waals surface area (Å²) in [6.07, 6.45) is 5.09. The van der Waals surface area contributed by atoms with E-state index in [2.05, 4.69) is 145 Å². The zero-order valence-corrected chi connectivity index (χ0v) is 28.2. The minimum Gasteiger partial charge on any atom is -0.335 e. The minimum absolute atomic E-state index is 0.0205. The predicted molar refractivity (Wildman–Crippen MR) is 191 cm³/mol. The summed E-state index contributed by atoms with van der Waals surface area (Å²) in [4.78, 5) is 5.43. The average molecular weight is 579 g/mol. The van der Waals surface area contributed by atoms with Crippen LogP contribution in [0.4, 0.5) is 28.4 Å². The lowest BCUT2D eigenvalue weighted by molar-refractivity contribution is 0.195. The molecule has 2 nitrogen and oxygen atoms in total. The molecule has 44 heavy (non-hydrogen) atoms. The van der Waals surface area contributed by atoms with Gasteiger partial charge in [-0.05, 0) is 101 Å². The predicted octanol–water partition coefficient (Wildman–Crippen LogP) is 8.94. The summed E-state index contributed by atoms with van der Waals surface area (Å²) < 4.78 is 0. The number of hydrogen-bond donors (Lipinski definition) is 0. The van der Waals surface area contributed by atoms with Gasteiger partial charge < -0.3 is 9.80 Å². The molecule has 2 atom stereocenters. The maximum atomic E-state index is 2.85. The Balaban J connectivity index is 1.48. The fourth-order valence-corrected chi connectivity index (χ4v) is 9.23. The molecule has 0 amide bonds. The summed E-state index contributed by atoms with van der Waals surface area (Å²) in [6, 6.07) is 28.9. The summed E-state index contributed by atoms with van der Waals surface area (Å²) in [5.41, 5.74) is 17.2. The number of rotatable bonds is 1. The van der Waals surface area contributed by atoms with Gasteiger partial charge >= 0.3 is 0 Å². The van der Waals surface area contributed by atoms with Crippen molar-refractivity contribution in [3.8, 4) is 0 Å². The van der Waals surface area contributed by atoms with Gasteiger partial charge in [0.25, 0.3) is 6.71 Å². The maximum absolute atomic E-state index is 2.85. The third kappa shape index (κ3) is 3.56. The molecular weight excluding hydrogens is 531 g/mol. The van der Waals surface area contributed by atoms with E-state index < -0.39 is 0 Å². The first-order valence-corrected chi connectivity index (χ1v) is 16.9. The van der Waals surface area contributed by atoms with Crippen LogP contribution in [-0.2, 0) is 16.2 Å². The number of para-hydroxylation sites is 1. The molecule has 4 aliphatic rings. The standard InChI is InChI=1S/C41H47BN2/c1-26-15-20-33-32(23-26)42-31-14-12-13-30-37(31)44(41(9)22-11-10-21-40(30,41)8)35-25-28(39(5,6)7)24-34(36(35)42)43(33)29-18-16-27(17-19-29)38(2,3)4/h12-20,23-25H,10-11,21-22H2,1-9H3. The maximum Gasteiger partial charge on any atom is 0.252 e. The molecule has 0 N–H and O–H groups in total. The van der Waals surface area contributed by atoms with Crippen LogP contribution in [0.15, 0.2) is 72.8 Å². The lowest BCUT2D eigenvalue weighted by atomic mass is 9.33. The van der Waals surface area contributed by atoms with E-state index in [0.717, 1.165) is 0 Å². The van der Waals surface area contributed by atoms with Gasteiger partial charge in [-0.1, -0.05) is 109 Å². The third-order valence-electron chi connectivity index (χ3n) is 12.0. The van der Waals surface area contributed by atoms with Gasteiger partial charge in [0.15, 0.2) is 0 Å². The van der Waals surface area contributed by atoms with Crippen LogP contribution in [0.2, 0.25) is 0 Å². The molecule has 0 radical (unpaired) electrons. The number of hydrogen-bond acceptors (Lipinski definition) is 2. The highest BCUT2D eigenvalue weighted by atomic mass is 15.3. The van der Waals surface area contributed by atoms with Crippen LogP contribution in [0.1, 0.15) is 103 Å². The van der Waals surface area contributed by atoms with Crippen molar-refractivity contribution in [2.45, 2.75) is 110 Å². The van der Waals surface area contributed by atoms with E-state index in [4.69, 9.17) is 0 Å². The topological polar surface area (TPSA) is 6.48 Å². The van der Waals surface area contributed by atoms with Crippen LogP contribution in [0.3, 0.4) is 0 Å². The third-order valence-corrected chi connectivity index (χ3v) is 12.0. The van der Waals surface area contributed by atoms with Crippen molar-refractivity contribution in [1.82, 2.24) is 0 Å². The van der Waals surface area contributed by atoms with E-state index in [1.54, 1.807) is 5.56 Å². The molecule has 4 aromatic rings. The van der Waals surface area contributed by atoms with Gasteiger partial charge in [-0.2, -0.15) is 0 Å². The molecule has 224 valence electrons. The molecule has 0 bridgehead atoms. The molecule has 2 unspecified atom stereocenters. The van der Waals surface area contributed by atoms with Gasteiger partial charge in [-0.25, -0.2) is 0 Å². The number of aryl methyl sites for hydroxylation is 1. The Bertz CT molecular complexity index is 1840. The Morgan fingerprint density at radius 1 is 0.682 bits per heavy atom. The Morgan fingerprint density at radius 3 is 2.07 bits per heavy atom. The molecule has 1 fully saturated rings. The molecule has 0 spiro atoms. The fourth-order valence-electron chi connectivity index (χ4n) is 9.23. The quantitative estimate of drug-likeness (QED) is 0.183. The van der Waals surface area contributed by atoms with Crippen LogP contribution in [0.25, 0.3) is 0 Å². The summed E-state index contributed by atoms with van der Waals surface area (Å²) in [5, 5.41) is 0. The number of nitrogens with zero attached hydrogens (tertiary/aromatic N) is 2. The second-order valence-electron chi connectivity index (χ2n) is 16.7. The number of anilines is 5. The average Bonchev–Trinajstić information content (AvgIpc) is 3.18. The first kappa shape index (κ1) is 28.0. The van der Waals surface area contributed by atoms with Crippen LogP contribution >= 0.6 is 0 Å². The summed E-state index contributed by atoms with van der Waals surface area (Å²) in [6.45, 7) is 21.7. The van der Waals surface area contributed by atoms with Crippen LogP contribution in [0, 0.1) is 6.92 Å². The van der Waals surface area contributed by atoms with Crippen molar-refractivity contribution in [3.63, 3.8) is 0 Å². The van der Waals surface area contributed by atoms with Crippen LogP contribution in [0.5, 0.6) is 0 Å². The lowest BCUT2D eigenvalue weighted by Crippen LogP contribution is -2.64. The number of benzene rings is 4.